The van der Waals surface area contributed by atoms with Crippen LogP contribution >= 0.6 is 11.6 Å². The van der Waals surface area contributed by atoms with Crippen LogP contribution < -0.4 is 10.6 Å². The monoisotopic (exact) mass is 354 g/mol. The number of guanidine groups is 1. The molecule has 25 heavy (non-hydrogen) atoms. The van der Waals surface area contributed by atoms with Gasteiger partial charge in [0, 0.05) is 30.7 Å². The van der Waals surface area contributed by atoms with Crippen LogP contribution in [0.4, 0.5) is 0 Å². The molecule has 1 heterocycles. The van der Waals surface area contributed by atoms with Crippen LogP contribution in [0.1, 0.15) is 11.1 Å². The molecule has 0 unspecified atom stereocenters. The van der Waals surface area contributed by atoms with E-state index in [1.54, 1.807) is 7.05 Å². The van der Waals surface area contributed by atoms with E-state index in [2.05, 4.69) is 36.9 Å². The van der Waals surface area contributed by atoms with Gasteiger partial charge >= 0.3 is 0 Å². The molecule has 0 radical (unpaired) electrons. The third-order valence-corrected chi connectivity index (χ3v) is 4.07. The largest absolute Gasteiger partial charge is 0.352 e. The summed E-state index contributed by atoms with van der Waals surface area (Å²) < 4.78 is 0. The minimum absolute atomic E-state index is 0.609. The lowest BCUT2D eigenvalue weighted by molar-refractivity contribution is 0.809. The molecule has 0 atom stereocenters. The summed E-state index contributed by atoms with van der Waals surface area (Å²) >= 11 is 6.18. The van der Waals surface area contributed by atoms with Crippen LogP contribution in [-0.2, 0) is 13.1 Å². The van der Waals surface area contributed by atoms with Gasteiger partial charge in [-0.1, -0.05) is 48.0 Å². The Morgan fingerprint density at radius 2 is 1.96 bits per heavy atom. The second-order valence-electron chi connectivity index (χ2n) is 5.41. The molecule has 128 valence electrons. The summed E-state index contributed by atoms with van der Waals surface area (Å²) in [6.07, 6.45) is 1.50. The smallest absolute Gasteiger partial charge is 0.191 e. The summed E-state index contributed by atoms with van der Waals surface area (Å²) in [6, 6.07) is 15.9. The third kappa shape index (κ3) is 4.58. The van der Waals surface area contributed by atoms with E-state index in [1.807, 2.05) is 42.5 Å². The molecule has 0 aliphatic rings. The predicted molar refractivity (Wildman–Crippen MR) is 100 cm³/mol. The standard InChI is InChI=1S/C18H19ClN6/c1-20-18(22-11-15-6-2-3-8-16(15)19)21-10-13-5-4-7-14(9-13)17-23-12-24-25-17/h2-9,12H,10-11H2,1H3,(H2,20,21,22)(H,23,24,25). The van der Waals surface area contributed by atoms with Crippen LogP contribution in [0.2, 0.25) is 5.02 Å². The Kier molecular flexibility index (Phi) is 5.64. The van der Waals surface area contributed by atoms with Crippen molar-refractivity contribution >= 4 is 17.6 Å². The molecule has 0 saturated carbocycles. The number of halogens is 1. The van der Waals surface area contributed by atoms with Crippen LogP contribution in [0.5, 0.6) is 0 Å². The van der Waals surface area contributed by atoms with E-state index in [0.717, 1.165) is 27.5 Å². The maximum absolute atomic E-state index is 6.18. The van der Waals surface area contributed by atoms with Crippen molar-refractivity contribution < 1.29 is 0 Å². The van der Waals surface area contributed by atoms with E-state index >= 15 is 0 Å². The molecule has 7 heteroatoms. The lowest BCUT2D eigenvalue weighted by atomic mass is 10.1. The summed E-state index contributed by atoms with van der Waals surface area (Å²) in [5, 5.41) is 14.1. The number of hydrogen-bond acceptors (Lipinski definition) is 3. The van der Waals surface area contributed by atoms with Crippen LogP contribution in [0.3, 0.4) is 0 Å². The van der Waals surface area contributed by atoms with E-state index in [-0.39, 0.29) is 0 Å². The first-order valence-corrected chi connectivity index (χ1v) is 8.26. The van der Waals surface area contributed by atoms with Gasteiger partial charge in [-0.15, -0.1) is 0 Å². The van der Waals surface area contributed by atoms with Gasteiger partial charge in [0.2, 0.25) is 0 Å². The molecule has 0 aliphatic carbocycles. The first-order chi connectivity index (χ1) is 12.3. The minimum Gasteiger partial charge on any atom is -0.352 e. The molecule has 0 fully saturated rings. The van der Waals surface area contributed by atoms with Gasteiger partial charge in [-0.05, 0) is 23.3 Å². The first-order valence-electron chi connectivity index (χ1n) is 7.89. The summed E-state index contributed by atoms with van der Waals surface area (Å²) in [5.41, 5.74) is 3.14. The Labute approximate surface area is 151 Å². The number of nitrogens with zero attached hydrogens (tertiary/aromatic N) is 3. The average molecular weight is 355 g/mol. The van der Waals surface area contributed by atoms with Crippen molar-refractivity contribution in [3.63, 3.8) is 0 Å². The van der Waals surface area contributed by atoms with Gasteiger partial charge in [0.05, 0.1) is 0 Å². The van der Waals surface area contributed by atoms with E-state index in [4.69, 9.17) is 11.6 Å². The van der Waals surface area contributed by atoms with Crippen molar-refractivity contribution in [1.29, 1.82) is 0 Å². The highest BCUT2D eigenvalue weighted by Crippen LogP contribution is 2.16. The molecule has 1 aromatic heterocycles. The van der Waals surface area contributed by atoms with Crippen molar-refractivity contribution in [2.75, 3.05) is 7.05 Å². The Hall–Kier alpha value is -2.86. The Morgan fingerprint density at radius 1 is 1.12 bits per heavy atom. The lowest BCUT2D eigenvalue weighted by Gasteiger charge is -2.13. The first kappa shape index (κ1) is 17.0. The fraction of sp³-hybridized carbons (Fsp3) is 0.167. The van der Waals surface area contributed by atoms with Gasteiger partial charge < -0.3 is 10.6 Å². The maximum atomic E-state index is 6.18. The molecule has 3 N–H and O–H groups in total. The topological polar surface area (TPSA) is 78.0 Å². The molecule has 0 saturated heterocycles. The molecule has 2 aromatic carbocycles. The molecule has 0 bridgehead atoms. The Balaban J connectivity index is 1.58. The third-order valence-electron chi connectivity index (χ3n) is 3.70. The number of nitrogens with one attached hydrogen (secondary N) is 3. The van der Waals surface area contributed by atoms with Crippen LogP contribution in [0, 0.1) is 0 Å². The SMILES string of the molecule is CN=C(NCc1cccc(-c2ncn[nH]2)c1)NCc1ccccc1Cl. The highest BCUT2D eigenvalue weighted by Gasteiger charge is 2.04. The molecule has 0 amide bonds. The Morgan fingerprint density at radius 3 is 2.72 bits per heavy atom. The van der Waals surface area contributed by atoms with Crippen molar-refractivity contribution in [3.05, 3.63) is 71.0 Å². The van der Waals surface area contributed by atoms with E-state index in [0.29, 0.717) is 19.0 Å². The molecular formula is C18H19ClN6. The maximum Gasteiger partial charge on any atom is 0.191 e. The summed E-state index contributed by atoms with van der Waals surface area (Å²) in [7, 11) is 1.74. The zero-order chi connectivity index (χ0) is 17.5. The number of aromatic amines is 1. The number of H-pyrrole nitrogens is 1. The summed E-state index contributed by atoms with van der Waals surface area (Å²) in [6.45, 7) is 1.25. The lowest BCUT2D eigenvalue weighted by Crippen LogP contribution is -2.36. The van der Waals surface area contributed by atoms with Gasteiger partial charge in [-0.3, -0.25) is 10.1 Å². The highest BCUT2D eigenvalue weighted by atomic mass is 35.5. The van der Waals surface area contributed by atoms with E-state index < -0.39 is 0 Å². The molecule has 6 nitrogen and oxygen atoms in total. The number of aromatic nitrogens is 3. The van der Waals surface area contributed by atoms with Crippen molar-refractivity contribution in [1.82, 2.24) is 25.8 Å². The van der Waals surface area contributed by atoms with Gasteiger partial charge in [0.1, 0.15) is 6.33 Å². The molecule has 0 aliphatic heterocycles. The average Bonchev–Trinajstić information content (AvgIpc) is 3.18. The number of rotatable bonds is 5. The van der Waals surface area contributed by atoms with Crippen molar-refractivity contribution in [2.24, 2.45) is 4.99 Å². The van der Waals surface area contributed by atoms with Gasteiger partial charge in [-0.25, -0.2) is 4.98 Å². The summed E-state index contributed by atoms with van der Waals surface area (Å²) in [5.74, 6) is 1.47. The number of aliphatic imine (C=N–C) groups is 1. The fourth-order valence-electron chi connectivity index (χ4n) is 2.40. The molecule has 3 aromatic rings. The van der Waals surface area contributed by atoms with Crippen molar-refractivity contribution in [3.8, 4) is 11.4 Å². The van der Waals surface area contributed by atoms with Crippen LogP contribution in [-0.4, -0.2) is 28.2 Å². The quantitative estimate of drug-likeness (QED) is 0.486. The highest BCUT2D eigenvalue weighted by molar-refractivity contribution is 6.31. The second kappa shape index (κ2) is 8.30. The molecule has 3 rings (SSSR count). The molecule has 0 spiro atoms. The zero-order valence-corrected chi connectivity index (χ0v) is 14.6. The van der Waals surface area contributed by atoms with Gasteiger partial charge in [0.15, 0.2) is 11.8 Å². The van der Waals surface area contributed by atoms with Gasteiger partial charge in [-0.2, -0.15) is 5.10 Å². The van der Waals surface area contributed by atoms with E-state index in [9.17, 15) is 0 Å². The van der Waals surface area contributed by atoms with E-state index in [1.165, 1.54) is 6.33 Å². The molecular weight excluding hydrogens is 336 g/mol. The number of hydrogen-bond donors (Lipinski definition) is 3. The Bertz CT molecular complexity index is 844. The van der Waals surface area contributed by atoms with Crippen molar-refractivity contribution in [2.45, 2.75) is 13.1 Å². The normalized spacial score (nSPS) is 11.4. The second-order valence-corrected chi connectivity index (χ2v) is 5.81. The zero-order valence-electron chi connectivity index (χ0n) is 13.8. The number of benzene rings is 2. The van der Waals surface area contributed by atoms with Gasteiger partial charge in [0.25, 0.3) is 0 Å². The summed E-state index contributed by atoms with van der Waals surface area (Å²) in [4.78, 5) is 8.42. The van der Waals surface area contributed by atoms with Crippen LogP contribution in [0.15, 0.2) is 59.9 Å². The van der Waals surface area contributed by atoms with Crippen LogP contribution in [0.25, 0.3) is 11.4 Å². The predicted octanol–water partition coefficient (Wildman–Crippen LogP) is 2.99. The minimum atomic E-state index is 0.609. The fourth-order valence-corrected chi connectivity index (χ4v) is 2.60.